The average Bonchev–Trinajstić information content (AvgIpc) is 2.17. The zero-order valence-electron chi connectivity index (χ0n) is 8.29. The van der Waals surface area contributed by atoms with Crippen LogP contribution < -0.4 is 0 Å². The van der Waals surface area contributed by atoms with E-state index >= 15 is 0 Å². The molecule has 0 atom stereocenters. The third kappa shape index (κ3) is 5.03. The molecule has 0 unspecified atom stereocenters. The highest BCUT2D eigenvalue weighted by Crippen LogP contribution is 2.12. The van der Waals surface area contributed by atoms with E-state index in [0.717, 1.165) is 31.3 Å². The van der Waals surface area contributed by atoms with E-state index < -0.39 is 0 Å². The van der Waals surface area contributed by atoms with E-state index in [2.05, 4.69) is 6.92 Å². The van der Waals surface area contributed by atoms with Gasteiger partial charge in [0.2, 0.25) is 0 Å². The number of rotatable bonds is 7. The number of hydrogen-bond donors (Lipinski definition) is 3. The maximum absolute atomic E-state index is 8.98. The predicted molar refractivity (Wildman–Crippen MR) is 52.4 cm³/mol. The van der Waals surface area contributed by atoms with Gasteiger partial charge in [0.1, 0.15) is 0 Å². The maximum Gasteiger partial charge on any atom is 0.0667 e. The van der Waals surface area contributed by atoms with Crippen molar-refractivity contribution in [3.63, 3.8) is 0 Å². The van der Waals surface area contributed by atoms with Gasteiger partial charge in [-0.05, 0) is 24.0 Å². The second-order valence-corrected chi connectivity index (χ2v) is 3.14. The Morgan fingerprint density at radius 3 is 1.77 bits per heavy atom. The summed E-state index contributed by atoms with van der Waals surface area (Å²) in [4.78, 5) is 0. The van der Waals surface area contributed by atoms with Gasteiger partial charge >= 0.3 is 0 Å². The molecule has 0 fully saturated rings. The second-order valence-electron chi connectivity index (χ2n) is 3.14. The molecule has 3 heteroatoms. The summed E-state index contributed by atoms with van der Waals surface area (Å²) in [5, 5.41) is 26.7. The smallest absolute Gasteiger partial charge is 0.0667 e. The SMILES string of the molecule is CCCCCC(CO)=C(CO)CO. The molecule has 0 amide bonds. The monoisotopic (exact) mass is 188 g/mol. The Bertz CT molecular complexity index is 146. The minimum Gasteiger partial charge on any atom is -0.392 e. The fraction of sp³-hybridized carbons (Fsp3) is 0.800. The molecule has 13 heavy (non-hydrogen) atoms. The average molecular weight is 188 g/mol. The Morgan fingerprint density at radius 1 is 0.846 bits per heavy atom. The molecule has 0 aliphatic carbocycles. The highest BCUT2D eigenvalue weighted by Gasteiger charge is 2.03. The topological polar surface area (TPSA) is 60.7 Å². The van der Waals surface area contributed by atoms with E-state index in [-0.39, 0.29) is 19.8 Å². The van der Waals surface area contributed by atoms with Crippen LogP contribution in [0.5, 0.6) is 0 Å². The first-order chi connectivity index (χ1) is 6.29. The lowest BCUT2D eigenvalue weighted by molar-refractivity contribution is 0.264. The summed E-state index contributed by atoms with van der Waals surface area (Å²) in [6, 6.07) is 0. The van der Waals surface area contributed by atoms with Gasteiger partial charge < -0.3 is 15.3 Å². The van der Waals surface area contributed by atoms with Gasteiger partial charge in [-0.25, -0.2) is 0 Å². The Hall–Kier alpha value is -0.380. The summed E-state index contributed by atoms with van der Waals surface area (Å²) in [6.07, 6.45) is 4.04. The fourth-order valence-corrected chi connectivity index (χ4v) is 1.23. The van der Waals surface area contributed by atoms with Crippen LogP contribution in [0.2, 0.25) is 0 Å². The van der Waals surface area contributed by atoms with Crippen LogP contribution in [0.1, 0.15) is 32.6 Å². The van der Waals surface area contributed by atoms with E-state index in [1.165, 1.54) is 0 Å². The predicted octanol–water partition coefficient (Wildman–Crippen LogP) is 0.840. The Morgan fingerprint density at radius 2 is 1.38 bits per heavy atom. The van der Waals surface area contributed by atoms with Crippen LogP contribution >= 0.6 is 0 Å². The van der Waals surface area contributed by atoms with Crippen molar-refractivity contribution in [2.75, 3.05) is 19.8 Å². The number of hydrogen-bond acceptors (Lipinski definition) is 3. The van der Waals surface area contributed by atoms with Crippen molar-refractivity contribution in [2.45, 2.75) is 32.6 Å². The first kappa shape index (κ1) is 12.6. The van der Waals surface area contributed by atoms with Crippen molar-refractivity contribution in [1.29, 1.82) is 0 Å². The van der Waals surface area contributed by atoms with Crippen molar-refractivity contribution in [3.05, 3.63) is 11.1 Å². The molecule has 0 aromatic carbocycles. The molecule has 0 radical (unpaired) electrons. The van der Waals surface area contributed by atoms with Crippen molar-refractivity contribution >= 4 is 0 Å². The van der Waals surface area contributed by atoms with E-state index in [4.69, 9.17) is 15.3 Å². The third-order valence-corrected chi connectivity index (χ3v) is 2.15. The third-order valence-electron chi connectivity index (χ3n) is 2.15. The van der Waals surface area contributed by atoms with Crippen LogP contribution in [0.25, 0.3) is 0 Å². The molecule has 0 spiro atoms. The zero-order chi connectivity index (χ0) is 10.1. The molecule has 0 bridgehead atoms. The molecule has 0 aliphatic heterocycles. The summed E-state index contributed by atoms with van der Waals surface area (Å²) >= 11 is 0. The van der Waals surface area contributed by atoms with Gasteiger partial charge in [0, 0.05) is 0 Å². The van der Waals surface area contributed by atoms with Crippen LogP contribution in [0.3, 0.4) is 0 Å². The first-order valence-electron chi connectivity index (χ1n) is 4.82. The van der Waals surface area contributed by atoms with Gasteiger partial charge in [0.25, 0.3) is 0 Å². The lowest BCUT2D eigenvalue weighted by Crippen LogP contribution is -2.05. The molecule has 3 N–H and O–H groups in total. The number of aliphatic hydroxyl groups is 3. The van der Waals surface area contributed by atoms with E-state index in [1.54, 1.807) is 0 Å². The molecule has 78 valence electrons. The van der Waals surface area contributed by atoms with Crippen LogP contribution in [0.4, 0.5) is 0 Å². The molecule has 0 rings (SSSR count). The highest BCUT2D eigenvalue weighted by molar-refractivity contribution is 5.15. The summed E-state index contributed by atoms with van der Waals surface area (Å²) in [5.74, 6) is 0. The summed E-state index contributed by atoms with van der Waals surface area (Å²) in [5.41, 5.74) is 1.36. The van der Waals surface area contributed by atoms with Gasteiger partial charge in [0.05, 0.1) is 19.8 Å². The quantitative estimate of drug-likeness (QED) is 0.410. The number of aliphatic hydroxyl groups excluding tert-OH is 3. The van der Waals surface area contributed by atoms with Crippen molar-refractivity contribution in [1.82, 2.24) is 0 Å². The minimum absolute atomic E-state index is 0.0554. The van der Waals surface area contributed by atoms with Gasteiger partial charge in [-0.2, -0.15) is 0 Å². The maximum atomic E-state index is 8.98. The fourth-order valence-electron chi connectivity index (χ4n) is 1.23. The molecule has 0 saturated heterocycles. The molecule has 0 aliphatic rings. The molecule has 3 nitrogen and oxygen atoms in total. The summed E-state index contributed by atoms with van der Waals surface area (Å²) in [6.45, 7) is 1.75. The Balaban J connectivity index is 4.04. The number of unbranched alkanes of at least 4 members (excludes halogenated alkanes) is 2. The normalized spacial score (nSPS) is 10.2. The Kier molecular flexibility index (Phi) is 7.99. The molecular weight excluding hydrogens is 168 g/mol. The standard InChI is InChI=1S/C10H20O3/c1-2-3-4-5-9(6-11)10(7-12)8-13/h11-13H,2-8H2,1H3. The van der Waals surface area contributed by atoms with Gasteiger partial charge in [-0.15, -0.1) is 0 Å². The first-order valence-corrected chi connectivity index (χ1v) is 4.82. The summed E-state index contributed by atoms with van der Waals surface area (Å²) < 4.78 is 0. The Labute approximate surface area is 79.7 Å². The molecule has 0 aromatic rings. The van der Waals surface area contributed by atoms with Gasteiger partial charge in [-0.1, -0.05) is 19.8 Å². The molecular formula is C10H20O3. The molecule has 0 aromatic heterocycles. The van der Waals surface area contributed by atoms with Gasteiger partial charge in [-0.3, -0.25) is 0 Å². The van der Waals surface area contributed by atoms with E-state index in [9.17, 15) is 0 Å². The zero-order valence-corrected chi connectivity index (χ0v) is 8.29. The van der Waals surface area contributed by atoms with Crippen LogP contribution in [-0.2, 0) is 0 Å². The highest BCUT2D eigenvalue weighted by atomic mass is 16.3. The summed E-state index contributed by atoms with van der Waals surface area (Å²) in [7, 11) is 0. The lowest BCUT2D eigenvalue weighted by Gasteiger charge is -2.09. The van der Waals surface area contributed by atoms with Crippen molar-refractivity contribution in [3.8, 4) is 0 Å². The van der Waals surface area contributed by atoms with Crippen molar-refractivity contribution < 1.29 is 15.3 Å². The van der Waals surface area contributed by atoms with E-state index in [1.807, 2.05) is 0 Å². The molecule has 0 heterocycles. The second kappa shape index (κ2) is 8.23. The largest absolute Gasteiger partial charge is 0.392 e. The van der Waals surface area contributed by atoms with Crippen LogP contribution in [0.15, 0.2) is 11.1 Å². The van der Waals surface area contributed by atoms with Gasteiger partial charge in [0.15, 0.2) is 0 Å². The minimum atomic E-state index is -0.154. The van der Waals surface area contributed by atoms with E-state index in [0.29, 0.717) is 5.57 Å². The lowest BCUT2D eigenvalue weighted by atomic mass is 10.0. The van der Waals surface area contributed by atoms with Crippen LogP contribution in [-0.4, -0.2) is 35.1 Å². The molecule has 0 saturated carbocycles. The van der Waals surface area contributed by atoms with Crippen molar-refractivity contribution in [2.24, 2.45) is 0 Å². The van der Waals surface area contributed by atoms with Crippen LogP contribution in [0, 0.1) is 0 Å².